The zero-order chi connectivity index (χ0) is 19.6. The molecule has 8 heteroatoms. The van der Waals surface area contributed by atoms with Crippen LogP contribution in [0.3, 0.4) is 0 Å². The number of aromatic nitrogens is 1. The molecule has 0 aliphatic carbocycles. The van der Waals surface area contributed by atoms with Crippen LogP contribution in [0.4, 0.5) is 0 Å². The van der Waals surface area contributed by atoms with E-state index < -0.39 is 5.60 Å². The number of fused-ring (bicyclic) bond motifs is 2. The van der Waals surface area contributed by atoms with Crippen molar-refractivity contribution in [3.63, 3.8) is 0 Å². The lowest BCUT2D eigenvalue weighted by Gasteiger charge is -2.41. The van der Waals surface area contributed by atoms with Crippen LogP contribution in [0.25, 0.3) is 0 Å². The number of pyridine rings is 1. The third-order valence-corrected chi connectivity index (χ3v) is 6.95. The molecule has 1 aromatic heterocycles. The fourth-order valence-corrected chi connectivity index (χ4v) is 5.11. The third-order valence-electron chi connectivity index (χ3n) is 6.95. The lowest BCUT2D eigenvalue weighted by molar-refractivity contribution is -0.136. The summed E-state index contributed by atoms with van der Waals surface area (Å²) in [5, 5.41) is 18.2. The molecule has 6 nitrogen and oxygen atoms in total. The molecule has 3 atom stereocenters. The van der Waals surface area contributed by atoms with Gasteiger partial charge in [-0.15, -0.1) is 24.8 Å². The Bertz CT molecular complexity index is 680. The third kappa shape index (κ3) is 5.86. The first-order valence-corrected chi connectivity index (χ1v) is 10.9. The van der Waals surface area contributed by atoms with Crippen LogP contribution in [0.15, 0.2) is 18.3 Å². The predicted molar refractivity (Wildman–Crippen MR) is 123 cm³/mol. The van der Waals surface area contributed by atoms with Crippen molar-refractivity contribution in [3.8, 4) is 0 Å². The number of halogens is 2. The number of nitrogens with one attached hydrogen (secondary N) is 2. The molecule has 4 heterocycles. The molecule has 170 valence electrons. The van der Waals surface area contributed by atoms with Gasteiger partial charge >= 0.3 is 0 Å². The molecular weight excluding hydrogens is 423 g/mol. The fraction of sp³-hybridized carbons (Fsp3) is 0.727. The molecule has 3 saturated heterocycles. The molecule has 0 aromatic carbocycles. The van der Waals surface area contributed by atoms with Crippen LogP contribution in [0, 0.1) is 18.8 Å². The highest BCUT2D eigenvalue weighted by molar-refractivity contribution is 5.85. The lowest BCUT2D eigenvalue weighted by atomic mass is 9.80. The number of piperidine rings is 3. The topological polar surface area (TPSA) is 77.5 Å². The Kier molecular flexibility index (Phi) is 9.37. The normalized spacial score (nSPS) is 27.5. The van der Waals surface area contributed by atoms with E-state index >= 15 is 0 Å². The van der Waals surface area contributed by atoms with Crippen LogP contribution in [0.1, 0.15) is 49.8 Å². The quantitative estimate of drug-likeness (QED) is 0.631. The van der Waals surface area contributed by atoms with Gasteiger partial charge in [0.25, 0.3) is 0 Å². The minimum Gasteiger partial charge on any atom is -0.383 e. The number of carbonyl (C=O) groups is 1. The molecule has 3 N–H and O–H groups in total. The molecule has 0 spiro atoms. The first-order valence-electron chi connectivity index (χ1n) is 10.9. The van der Waals surface area contributed by atoms with Crippen molar-refractivity contribution in [1.82, 2.24) is 20.5 Å². The average molecular weight is 459 g/mol. The summed E-state index contributed by atoms with van der Waals surface area (Å²) in [5.41, 5.74) is 0.918. The summed E-state index contributed by atoms with van der Waals surface area (Å²) in [6.45, 7) is 6.59. The molecule has 1 amide bonds. The second-order valence-corrected chi connectivity index (χ2v) is 9.06. The maximum absolute atomic E-state index is 12.6. The van der Waals surface area contributed by atoms with E-state index in [1.54, 1.807) is 6.20 Å². The van der Waals surface area contributed by atoms with Crippen molar-refractivity contribution >= 4 is 30.7 Å². The van der Waals surface area contributed by atoms with Gasteiger partial charge < -0.3 is 20.6 Å². The van der Waals surface area contributed by atoms with Crippen LogP contribution in [-0.2, 0) is 10.4 Å². The Morgan fingerprint density at radius 1 is 1.23 bits per heavy atom. The first kappa shape index (κ1) is 25.3. The zero-order valence-corrected chi connectivity index (χ0v) is 19.4. The number of hydrogen-bond acceptors (Lipinski definition) is 5. The minimum absolute atomic E-state index is 0. The molecule has 30 heavy (non-hydrogen) atoms. The SMILES string of the molecule is Cc1ccc(C2(O)CCN(C(=O)CCC[C@@H]3NC[C@@H]4CNC[C@H]3C4)CC2)nc1.Cl.Cl. The second-order valence-electron chi connectivity index (χ2n) is 9.06. The number of rotatable bonds is 5. The Hall–Kier alpha value is -0.920. The molecule has 0 saturated carbocycles. The summed E-state index contributed by atoms with van der Waals surface area (Å²) < 4.78 is 0. The summed E-state index contributed by atoms with van der Waals surface area (Å²) >= 11 is 0. The van der Waals surface area contributed by atoms with E-state index in [1.165, 1.54) is 6.42 Å². The number of nitrogens with zero attached hydrogens (tertiary/aromatic N) is 2. The highest BCUT2D eigenvalue weighted by Gasteiger charge is 2.37. The predicted octanol–water partition coefficient (Wildman–Crippen LogP) is 2.41. The van der Waals surface area contributed by atoms with E-state index in [4.69, 9.17) is 0 Å². The van der Waals surface area contributed by atoms with E-state index in [0.29, 0.717) is 38.4 Å². The molecule has 0 unspecified atom stereocenters. The largest absolute Gasteiger partial charge is 0.383 e. The number of aryl methyl sites for hydroxylation is 1. The second kappa shape index (κ2) is 11.1. The Balaban J connectivity index is 0.00000160. The summed E-state index contributed by atoms with van der Waals surface area (Å²) in [6.07, 6.45) is 6.89. The van der Waals surface area contributed by atoms with Crippen LogP contribution in [-0.4, -0.2) is 59.7 Å². The molecule has 3 aliphatic heterocycles. The molecule has 1 aromatic rings. The Morgan fingerprint density at radius 3 is 2.70 bits per heavy atom. The number of likely N-dealkylation sites (tertiary alicyclic amines) is 1. The van der Waals surface area contributed by atoms with Gasteiger partial charge in [-0.2, -0.15) is 0 Å². The number of carbonyl (C=O) groups excluding carboxylic acids is 1. The van der Waals surface area contributed by atoms with Crippen molar-refractivity contribution < 1.29 is 9.90 Å². The first-order chi connectivity index (χ1) is 13.5. The van der Waals surface area contributed by atoms with Crippen LogP contribution in [0.2, 0.25) is 0 Å². The number of amides is 1. The molecular formula is C22H36Cl2N4O2. The van der Waals surface area contributed by atoms with Crippen molar-refractivity contribution in [3.05, 3.63) is 29.6 Å². The van der Waals surface area contributed by atoms with E-state index in [2.05, 4.69) is 15.6 Å². The molecule has 2 bridgehead atoms. The van der Waals surface area contributed by atoms with Gasteiger partial charge in [0, 0.05) is 31.7 Å². The van der Waals surface area contributed by atoms with Crippen molar-refractivity contribution in [2.24, 2.45) is 11.8 Å². The van der Waals surface area contributed by atoms with Crippen molar-refractivity contribution in [2.75, 3.05) is 32.7 Å². The van der Waals surface area contributed by atoms with Gasteiger partial charge in [-0.3, -0.25) is 9.78 Å². The van der Waals surface area contributed by atoms with Gasteiger partial charge in [-0.25, -0.2) is 0 Å². The smallest absolute Gasteiger partial charge is 0.222 e. The van der Waals surface area contributed by atoms with Gasteiger partial charge in [-0.1, -0.05) is 6.07 Å². The maximum atomic E-state index is 12.6. The molecule has 3 aliphatic rings. The summed E-state index contributed by atoms with van der Waals surface area (Å²) in [4.78, 5) is 19.0. The van der Waals surface area contributed by atoms with Gasteiger partial charge in [0.15, 0.2) is 0 Å². The molecule has 3 fully saturated rings. The van der Waals surface area contributed by atoms with E-state index in [-0.39, 0.29) is 30.7 Å². The Morgan fingerprint density at radius 2 is 2.00 bits per heavy atom. The lowest BCUT2D eigenvalue weighted by Crippen LogP contribution is -2.54. The van der Waals surface area contributed by atoms with Gasteiger partial charge in [0.05, 0.1) is 5.69 Å². The van der Waals surface area contributed by atoms with E-state index in [0.717, 1.165) is 55.6 Å². The molecule has 0 radical (unpaired) electrons. The number of aliphatic hydroxyl groups is 1. The summed E-state index contributed by atoms with van der Waals surface area (Å²) in [6, 6.07) is 4.45. The Labute approximate surface area is 192 Å². The van der Waals surface area contributed by atoms with Crippen molar-refractivity contribution in [2.45, 2.75) is 57.1 Å². The maximum Gasteiger partial charge on any atom is 0.222 e. The molecule has 4 rings (SSSR count). The summed E-state index contributed by atoms with van der Waals surface area (Å²) in [7, 11) is 0. The zero-order valence-electron chi connectivity index (χ0n) is 17.8. The van der Waals surface area contributed by atoms with Gasteiger partial charge in [-0.05, 0) is 82.1 Å². The monoisotopic (exact) mass is 458 g/mol. The number of hydrogen-bond donors (Lipinski definition) is 3. The highest BCUT2D eigenvalue weighted by atomic mass is 35.5. The highest BCUT2D eigenvalue weighted by Crippen LogP contribution is 2.32. The van der Waals surface area contributed by atoms with Gasteiger partial charge in [0.1, 0.15) is 5.60 Å². The van der Waals surface area contributed by atoms with Crippen LogP contribution in [0.5, 0.6) is 0 Å². The van der Waals surface area contributed by atoms with Crippen LogP contribution >= 0.6 is 24.8 Å². The van der Waals surface area contributed by atoms with E-state index in [1.807, 2.05) is 24.0 Å². The van der Waals surface area contributed by atoms with E-state index in [9.17, 15) is 9.90 Å². The van der Waals surface area contributed by atoms with Crippen LogP contribution < -0.4 is 10.6 Å². The fourth-order valence-electron chi connectivity index (χ4n) is 5.11. The van der Waals surface area contributed by atoms with Gasteiger partial charge in [0.2, 0.25) is 5.91 Å². The average Bonchev–Trinajstić information content (AvgIpc) is 2.71. The minimum atomic E-state index is -0.902. The summed E-state index contributed by atoms with van der Waals surface area (Å²) in [5.74, 6) is 1.73. The van der Waals surface area contributed by atoms with Crippen molar-refractivity contribution in [1.29, 1.82) is 0 Å². The standard InChI is InChI=1S/C22H34N4O2.2ClH/c1-16-5-6-20(25-12-16)22(28)7-9-26(10-8-22)21(27)4-2-3-19-18-11-17(14-24-19)13-23-15-18;;/h5-6,12,17-19,23-24,28H,2-4,7-11,13-15H2,1H3;2*1H/t17-,18+,19-;;/m0../s1.